The molecule has 3 nitrogen and oxygen atoms in total. The summed E-state index contributed by atoms with van der Waals surface area (Å²) < 4.78 is 5.18. The molecule has 2 rings (SSSR count). The molecule has 0 saturated carbocycles. The van der Waals surface area contributed by atoms with E-state index in [2.05, 4.69) is 40.2 Å². The number of ether oxygens (including phenoxy) is 1. The van der Waals surface area contributed by atoms with Gasteiger partial charge < -0.3 is 9.84 Å². The average molecular weight is 419 g/mol. The summed E-state index contributed by atoms with van der Waals surface area (Å²) >= 11 is 3.82. The van der Waals surface area contributed by atoms with Crippen molar-refractivity contribution in [2.45, 2.75) is 37.4 Å². The van der Waals surface area contributed by atoms with Crippen LogP contribution in [0.25, 0.3) is 0 Å². The molecule has 0 aliphatic heterocycles. The third-order valence-electron chi connectivity index (χ3n) is 4.56. The van der Waals surface area contributed by atoms with E-state index in [0.717, 1.165) is 6.42 Å². The molecule has 0 spiro atoms. The maximum Gasteiger partial charge on any atom is 0.311 e. The minimum atomic E-state index is -0.626. The van der Waals surface area contributed by atoms with Crippen LogP contribution in [-0.2, 0) is 9.53 Å². The Hall–Kier alpha value is -1.65. The van der Waals surface area contributed by atoms with Crippen LogP contribution in [0.2, 0.25) is 0 Å². The Morgan fingerprint density at radius 1 is 1.04 bits per heavy atom. The van der Waals surface area contributed by atoms with E-state index in [1.165, 1.54) is 11.1 Å². The highest BCUT2D eigenvalue weighted by atomic mass is 79.9. The van der Waals surface area contributed by atoms with Gasteiger partial charge in [0, 0.05) is 4.83 Å². The predicted octanol–water partition coefficient (Wildman–Crippen LogP) is 5.25. The molecule has 0 bridgehead atoms. The molecule has 2 atom stereocenters. The first-order chi connectivity index (χ1) is 12.4. The second-order valence-electron chi connectivity index (χ2n) is 7.17. The van der Waals surface area contributed by atoms with Crippen molar-refractivity contribution < 1.29 is 14.6 Å². The van der Waals surface area contributed by atoms with Gasteiger partial charge in [-0.3, -0.25) is 4.79 Å². The minimum Gasteiger partial charge on any atom is -0.463 e. The lowest BCUT2D eigenvalue weighted by Gasteiger charge is -2.29. The number of aliphatic hydroxyl groups is 1. The highest BCUT2D eigenvalue weighted by Gasteiger charge is 2.33. The van der Waals surface area contributed by atoms with Gasteiger partial charge in [-0.1, -0.05) is 76.6 Å². The third-order valence-corrected chi connectivity index (χ3v) is 5.46. The summed E-state index contributed by atoms with van der Waals surface area (Å²) in [6, 6.07) is 20.6. The maximum absolute atomic E-state index is 12.4. The normalized spacial score (nSPS) is 13.8. The van der Waals surface area contributed by atoms with E-state index in [4.69, 9.17) is 9.84 Å². The number of carbonyl (C=O) groups excluding carboxylic acids is 1. The molecule has 0 aliphatic carbocycles. The molecule has 0 fully saturated rings. The van der Waals surface area contributed by atoms with Gasteiger partial charge >= 0.3 is 5.97 Å². The average Bonchev–Trinajstić information content (AvgIpc) is 2.66. The molecule has 26 heavy (non-hydrogen) atoms. The van der Waals surface area contributed by atoms with Gasteiger partial charge in [-0.2, -0.15) is 0 Å². The van der Waals surface area contributed by atoms with Crippen LogP contribution in [0.1, 0.15) is 48.6 Å². The lowest BCUT2D eigenvalue weighted by molar-refractivity contribution is -0.155. The second kappa shape index (κ2) is 9.89. The number of rotatable bonds is 9. The van der Waals surface area contributed by atoms with Gasteiger partial charge in [0.1, 0.15) is 6.61 Å². The smallest absolute Gasteiger partial charge is 0.311 e. The molecule has 0 aliphatic rings. The van der Waals surface area contributed by atoms with E-state index < -0.39 is 5.41 Å². The zero-order chi connectivity index (χ0) is 19.0. The van der Waals surface area contributed by atoms with Crippen LogP contribution in [0.5, 0.6) is 0 Å². The molecule has 0 aromatic heterocycles. The molecular weight excluding hydrogens is 392 g/mol. The van der Waals surface area contributed by atoms with Gasteiger partial charge in [0.2, 0.25) is 0 Å². The maximum atomic E-state index is 12.4. The zero-order valence-corrected chi connectivity index (χ0v) is 17.0. The standard InChI is InChI=1S/C22H27BrO3/c1-22(2,21(25)26-14-13-24)16-19(17-9-5-3-6-10-17)15-20(23)18-11-7-4-8-12-18/h3-12,19-20,24H,13-16H2,1-2H3. The number of alkyl halides is 1. The lowest BCUT2D eigenvalue weighted by Crippen LogP contribution is -2.29. The molecule has 2 aromatic carbocycles. The summed E-state index contributed by atoms with van der Waals surface area (Å²) in [6.45, 7) is 3.72. The Balaban J connectivity index is 2.18. The molecule has 0 radical (unpaired) electrons. The van der Waals surface area contributed by atoms with Gasteiger partial charge in [0.15, 0.2) is 0 Å². The van der Waals surface area contributed by atoms with Crippen LogP contribution in [0.15, 0.2) is 60.7 Å². The van der Waals surface area contributed by atoms with Crippen LogP contribution >= 0.6 is 15.9 Å². The predicted molar refractivity (Wildman–Crippen MR) is 108 cm³/mol. The SMILES string of the molecule is CC(C)(CC(CC(Br)c1ccccc1)c1ccccc1)C(=O)OCCO. The van der Waals surface area contributed by atoms with E-state index in [1.807, 2.05) is 50.2 Å². The van der Waals surface area contributed by atoms with Crippen molar-refractivity contribution in [3.8, 4) is 0 Å². The Kier molecular flexibility index (Phi) is 7.85. The summed E-state index contributed by atoms with van der Waals surface area (Å²) in [4.78, 5) is 12.6. The van der Waals surface area contributed by atoms with Crippen molar-refractivity contribution in [3.63, 3.8) is 0 Å². The van der Waals surface area contributed by atoms with Gasteiger partial charge in [-0.05, 0) is 43.7 Å². The van der Waals surface area contributed by atoms with E-state index in [9.17, 15) is 4.79 Å². The molecular formula is C22H27BrO3. The molecule has 0 saturated heterocycles. The molecule has 0 heterocycles. The van der Waals surface area contributed by atoms with Crippen LogP contribution in [0.4, 0.5) is 0 Å². The number of esters is 1. The van der Waals surface area contributed by atoms with Crippen LogP contribution in [-0.4, -0.2) is 24.3 Å². The monoisotopic (exact) mass is 418 g/mol. The molecule has 2 unspecified atom stereocenters. The van der Waals surface area contributed by atoms with Crippen LogP contribution in [0.3, 0.4) is 0 Å². The van der Waals surface area contributed by atoms with E-state index >= 15 is 0 Å². The molecule has 4 heteroatoms. The topological polar surface area (TPSA) is 46.5 Å². The summed E-state index contributed by atoms with van der Waals surface area (Å²) in [7, 11) is 0. The first-order valence-corrected chi connectivity index (χ1v) is 9.87. The Morgan fingerprint density at radius 3 is 2.12 bits per heavy atom. The lowest BCUT2D eigenvalue weighted by atomic mass is 9.77. The summed E-state index contributed by atoms with van der Waals surface area (Å²) in [5.41, 5.74) is 1.82. The van der Waals surface area contributed by atoms with Gasteiger partial charge in [0.25, 0.3) is 0 Å². The Bertz CT molecular complexity index is 670. The fraction of sp³-hybridized carbons (Fsp3) is 0.409. The Labute approximate surface area is 164 Å². The van der Waals surface area contributed by atoms with Crippen molar-refractivity contribution >= 4 is 21.9 Å². The molecule has 140 valence electrons. The number of carbonyl (C=O) groups is 1. The van der Waals surface area contributed by atoms with Gasteiger partial charge in [-0.15, -0.1) is 0 Å². The van der Waals surface area contributed by atoms with Crippen molar-refractivity contribution in [2.75, 3.05) is 13.2 Å². The van der Waals surface area contributed by atoms with E-state index in [1.54, 1.807) is 0 Å². The number of hydrogen-bond acceptors (Lipinski definition) is 3. The highest BCUT2D eigenvalue weighted by Crippen LogP contribution is 2.41. The number of halogens is 1. The van der Waals surface area contributed by atoms with Crippen molar-refractivity contribution in [1.82, 2.24) is 0 Å². The number of hydrogen-bond donors (Lipinski definition) is 1. The highest BCUT2D eigenvalue weighted by molar-refractivity contribution is 9.09. The summed E-state index contributed by atoms with van der Waals surface area (Å²) in [5, 5.41) is 8.90. The first-order valence-electron chi connectivity index (χ1n) is 8.96. The largest absolute Gasteiger partial charge is 0.463 e. The number of aliphatic hydroxyl groups excluding tert-OH is 1. The van der Waals surface area contributed by atoms with E-state index in [0.29, 0.717) is 6.42 Å². The fourth-order valence-corrected chi connectivity index (χ4v) is 3.90. The summed E-state index contributed by atoms with van der Waals surface area (Å²) in [5.74, 6) is -0.0595. The third kappa shape index (κ3) is 5.96. The fourth-order valence-electron chi connectivity index (χ4n) is 3.14. The zero-order valence-electron chi connectivity index (χ0n) is 15.4. The molecule has 2 aromatic rings. The first kappa shape index (κ1) is 20.7. The molecule has 0 amide bonds. The van der Waals surface area contributed by atoms with Crippen LogP contribution in [0, 0.1) is 5.41 Å². The quantitative estimate of drug-likeness (QED) is 0.446. The van der Waals surface area contributed by atoms with Crippen LogP contribution < -0.4 is 0 Å². The van der Waals surface area contributed by atoms with Crippen molar-refractivity contribution in [2.24, 2.45) is 5.41 Å². The Morgan fingerprint density at radius 2 is 1.58 bits per heavy atom. The summed E-state index contributed by atoms with van der Waals surface area (Å²) in [6.07, 6.45) is 1.56. The second-order valence-corrected chi connectivity index (χ2v) is 8.27. The number of benzene rings is 2. The van der Waals surface area contributed by atoms with Crippen molar-refractivity contribution in [3.05, 3.63) is 71.8 Å². The van der Waals surface area contributed by atoms with Crippen molar-refractivity contribution in [1.29, 1.82) is 0 Å². The minimum absolute atomic E-state index is 0.0450. The van der Waals surface area contributed by atoms with E-state index in [-0.39, 0.29) is 29.9 Å². The molecule has 1 N–H and O–H groups in total. The van der Waals surface area contributed by atoms with Gasteiger partial charge in [0.05, 0.1) is 12.0 Å². The van der Waals surface area contributed by atoms with Gasteiger partial charge in [-0.25, -0.2) is 0 Å².